The lowest BCUT2D eigenvalue weighted by Crippen LogP contribution is -2.18. The van der Waals surface area contributed by atoms with E-state index >= 15 is 0 Å². The number of aromatic nitrogens is 4. The van der Waals surface area contributed by atoms with Crippen LogP contribution in [-0.4, -0.2) is 33.1 Å². The van der Waals surface area contributed by atoms with Crippen LogP contribution in [0.5, 0.6) is 0 Å². The molecule has 3 aromatic rings. The Hall–Kier alpha value is -2.22. The molecule has 0 amide bonds. The summed E-state index contributed by atoms with van der Waals surface area (Å²) in [6.07, 6.45) is 0. The first-order valence-electron chi connectivity index (χ1n) is 6.81. The quantitative estimate of drug-likeness (QED) is 0.370. The van der Waals surface area contributed by atoms with Crippen LogP contribution in [-0.2, 0) is 0 Å². The third kappa shape index (κ3) is 3.73. The molecule has 13 heteroatoms. The van der Waals surface area contributed by atoms with Crippen LogP contribution >= 0.6 is 28.1 Å². The summed E-state index contributed by atoms with van der Waals surface area (Å²) in [6.45, 7) is 1.01. The fourth-order valence-electron chi connectivity index (χ4n) is 1.99. The molecule has 3 rings (SSSR count). The van der Waals surface area contributed by atoms with Crippen LogP contribution in [0.25, 0.3) is 17.2 Å². The first-order chi connectivity index (χ1) is 12.1. The van der Waals surface area contributed by atoms with Gasteiger partial charge in [0.1, 0.15) is 5.82 Å². The molecule has 0 aliphatic carbocycles. The van der Waals surface area contributed by atoms with Crippen LogP contribution in [0.15, 0.2) is 36.6 Å². The van der Waals surface area contributed by atoms with E-state index in [0.717, 1.165) is 16.7 Å². The first-order valence-corrected chi connectivity index (χ1v) is 8.48. The van der Waals surface area contributed by atoms with Crippen LogP contribution in [0, 0.1) is 5.82 Å². The van der Waals surface area contributed by atoms with Crippen molar-refractivity contribution in [2.75, 3.05) is 18.4 Å². The molecule has 0 aliphatic heterocycles. The van der Waals surface area contributed by atoms with Gasteiger partial charge in [0.15, 0.2) is 5.69 Å². The van der Waals surface area contributed by atoms with Gasteiger partial charge < -0.3 is 5.32 Å². The summed E-state index contributed by atoms with van der Waals surface area (Å²) < 4.78 is 27.0. The second-order valence-electron chi connectivity index (χ2n) is 4.61. The Morgan fingerprint density at radius 2 is 2.16 bits per heavy atom. The number of halogens is 2. The molecule has 25 heavy (non-hydrogen) atoms. The summed E-state index contributed by atoms with van der Waals surface area (Å²) in [5, 5.41) is 19.4. The average Bonchev–Trinajstić information content (AvgIpc) is 3.20. The monoisotopic (exact) mass is 431 g/mol. The summed E-state index contributed by atoms with van der Waals surface area (Å²) in [7, 11) is 0. The number of benzene rings is 1. The summed E-state index contributed by atoms with van der Waals surface area (Å²) in [4.78, 5) is 12.0. The van der Waals surface area contributed by atoms with Gasteiger partial charge >= 0.3 is 5.76 Å². The fraction of sp³-hybridized carbons (Fsp3) is 0.167. The summed E-state index contributed by atoms with van der Waals surface area (Å²) in [6, 6.07) is 4.03. The lowest BCUT2D eigenvalue weighted by atomic mass is 10.3. The van der Waals surface area contributed by atoms with E-state index in [-0.39, 0.29) is 21.8 Å². The number of anilines is 1. The number of nitrogens with one attached hydrogen (secondary N) is 2. The summed E-state index contributed by atoms with van der Waals surface area (Å²) >= 11 is 4.06. The molecule has 0 fully saturated rings. The summed E-state index contributed by atoms with van der Waals surface area (Å²) in [5.74, 6) is -0.894. The van der Waals surface area contributed by atoms with E-state index in [0.29, 0.717) is 18.8 Å². The second kappa shape index (κ2) is 7.77. The van der Waals surface area contributed by atoms with Gasteiger partial charge in [-0.2, -0.15) is 0 Å². The Bertz CT molecular complexity index is 928. The molecule has 2 aromatic heterocycles. The Morgan fingerprint density at radius 3 is 2.92 bits per heavy atom. The van der Waals surface area contributed by atoms with Crippen molar-refractivity contribution >= 4 is 33.9 Å². The molecule has 0 atom stereocenters. The molecule has 0 unspecified atom stereocenters. The number of nitrogens with two attached hydrogens (primary N) is 1. The van der Waals surface area contributed by atoms with E-state index < -0.39 is 11.6 Å². The summed E-state index contributed by atoms with van der Waals surface area (Å²) in [5.41, 5.74) is 0.511. The standard InChI is InChI=1S/C12H11BrFN7O3S/c13-7-5-6(1-2-8(7)14)21-11(20-23-12(21)22)9-10(19-24-18-9)16-3-4-17-25-15/h1-2,5,17H,3-4,15H2,(H,16,19). The number of hydrogen-bond acceptors (Lipinski definition) is 10. The molecule has 10 nitrogen and oxygen atoms in total. The smallest absolute Gasteiger partial charge is 0.364 e. The molecule has 0 spiro atoms. The van der Waals surface area contributed by atoms with E-state index in [1.165, 1.54) is 18.2 Å². The molecule has 0 bridgehead atoms. The Morgan fingerprint density at radius 1 is 1.32 bits per heavy atom. The van der Waals surface area contributed by atoms with Gasteiger partial charge in [0.2, 0.25) is 11.6 Å². The van der Waals surface area contributed by atoms with Crippen LogP contribution in [0.3, 0.4) is 0 Å². The molecule has 0 radical (unpaired) electrons. The molecule has 0 saturated heterocycles. The Kier molecular flexibility index (Phi) is 5.47. The van der Waals surface area contributed by atoms with Gasteiger partial charge in [-0.1, -0.05) is 5.16 Å². The van der Waals surface area contributed by atoms with Gasteiger partial charge in [0.05, 0.1) is 10.2 Å². The third-order valence-corrected chi connectivity index (χ3v) is 4.05. The van der Waals surface area contributed by atoms with Crippen LogP contribution < -0.4 is 20.9 Å². The van der Waals surface area contributed by atoms with E-state index in [1.807, 2.05) is 0 Å². The maximum atomic E-state index is 13.4. The molecular formula is C12H11BrFN7O3S. The van der Waals surface area contributed by atoms with Crippen molar-refractivity contribution in [3.63, 3.8) is 0 Å². The third-order valence-electron chi connectivity index (χ3n) is 3.07. The van der Waals surface area contributed by atoms with Crippen LogP contribution in [0.4, 0.5) is 10.2 Å². The van der Waals surface area contributed by atoms with Gasteiger partial charge in [-0.3, -0.25) is 9.66 Å². The van der Waals surface area contributed by atoms with Gasteiger partial charge in [-0.05, 0) is 44.4 Å². The van der Waals surface area contributed by atoms with Crippen molar-refractivity contribution in [2.24, 2.45) is 5.14 Å². The first kappa shape index (κ1) is 17.6. The lowest BCUT2D eigenvalue weighted by Gasteiger charge is -2.05. The largest absolute Gasteiger partial charge is 0.446 e. The van der Waals surface area contributed by atoms with Crippen molar-refractivity contribution in [2.45, 2.75) is 0 Å². The van der Waals surface area contributed by atoms with Gasteiger partial charge in [-0.25, -0.2) is 23.1 Å². The average molecular weight is 432 g/mol. The minimum absolute atomic E-state index is 0.0633. The van der Waals surface area contributed by atoms with Crippen molar-refractivity contribution in [3.8, 4) is 17.2 Å². The van der Waals surface area contributed by atoms with E-state index in [2.05, 4.69) is 41.4 Å². The highest BCUT2D eigenvalue weighted by Crippen LogP contribution is 2.25. The predicted molar refractivity (Wildman–Crippen MR) is 91.3 cm³/mol. The lowest BCUT2D eigenvalue weighted by molar-refractivity contribution is 0.309. The number of nitrogens with zero attached hydrogens (tertiary/aromatic N) is 4. The SMILES string of the molecule is NSNCCNc1nonc1-c1noc(=O)n1-c1ccc(F)c(Br)c1. The van der Waals surface area contributed by atoms with Gasteiger partial charge in [0.25, 0.3) is 0 Å². The van der Waals surface area contributed by atoms with Crippen molar-refractivity contribution in [3.05, 3.63) is 39.0 Å². The van der Waals surface area contributed by atoms with Gasteiger partial charge in [-0.15, -0.1) is 0 Å². The molecule has 4 N–H and O–H groups in total. The zero-order valence-corrected chi connectivity index (χ0v) is 14.8. The fourth-order valence-corrected chi connectivity index (χ4v) is 2.58. The zero-order chi connectivity index (χ0) is 17.8. The number of hydrogen-bond donors (Lipinski definition) is 3. The van der Waals surface area contributed by atoms with E-state index in [4.69, 9.17) is 14.3 Å². The topological polar surface area (TPSA) is 137 Å². The normalized spacial score (nSPS) is 11.0. The highest BCUT2D eigenvalue weighted by molar-refractivity contribution is 9.10. The highest BCUT2D eigenvalue weighted by atomic mass is 79.9. The van der Waals surface area contributed by atoms with Crippen molar-refractivity contribution in [1.29, 1.82) is 0 Å². The Balaban J connectivity index is 1.96. The van der Waals surface area contributed by atoms with E-state index in [1.54, 1.807) is 0 Å². The molecule has 132 valence electrons. The van der Waals surface area contributed by atoms with Crippen molar-refractivity contribution < 1.29 is 13.5 Å². The molecule has 0 aliphatic rings. The highest BCUT2D eigenvalue weighted by Gasteiger charge is 2.22. The van der Waals surface area contributed by atoms with Crippen LogP contribution in [0.2, 0.25) is 0 Å². The van der Waals surface area contributed by atoms with Crippen molar-refractivity contribution in [1.82, 2.24) is 24.8 Å². The predicted octanol–water partition coefficient (Wildman–Crippen LogP) is 1.30. The molecule has 2 heterocycles. The maximum absolute atomic E-state index is 13.4. The number of rotatable bonds is 7. The van der Waals surface area contributed by atoms with E-state index in [9.17, 15) is 9.18 Å². The zero-order valence-electron chi connectivity index (χ0n) is 12.4. The molecular weight excluding hydrogens is 421 g/mol. The molecule has 1 aromatic carbocycles. The second-order valence-corrected chi connectivity index (χ2v) is 5.99. The Labute approximate surface area is 152 Å². The molecule has 0 saturated carbocycles. The van der Waals surface area contributed by atoms with Gasteiger partial charge in [0, 0.05) is 25.2 Å². The van der Waals surface area contributed by atoms with Crippen LogP contribution in [0.1, 0.15) is 0 Å². The minimum atomic E-state index is -0.761. The minimum Gasteiger partial charge on any atom is -0.364 e. The maximum Gasteiger partial charge on any atom is 0.446 e.